The first kappa shape index (κ1) is 21.8. The topological polar surface area (TPSA) is 143 Å². The Morgan fingerprint density at radius 1 is 1.19 bits per heavy atom. The van der Waals surface area contributed by atoms with Crippen molar-refractivity contribution in [2.75, 3.05) is 11.1 Å². The predicted molar refractivity (Wildman–Crippen MR) is 121 cm³/mol. The van der Waals surface area contributed by atoms with Crippen molar-refractivity contribution in [1.82, 2.24) is 15.0 Å². The number of aromatic nitrogens is 3. The van der Waals surface area contributed by atoms with Crippen molar-refractivity contribution < 1.29 is 10.5 Å². The van der Waals surface area contributed by atoms with Gasteiger partial charge in [0.2, 0.25) is 11.3 Å². The Labute approximate surface area is 183 Å². The molecule has 0 radical (unpaired) electrons. The van der Waals surface area contributed by atoms with Crippen LogP contribution in [0.2, 0.25) is 5.02 Å². The Hall–Kier alpha value is -3.91. The summed E-state index contributed by atoms with van der Waals surface area (Å²) in [6.07, 6.45) is 1.31. The summed E-state index contributed by atoms with van der Waals surface area (Å²) in [4.78, 5) is 23.3. The Morgan fingerprint density at radius 3 is 2.74 bits per heavy atom. The van der Waals surface area contributed by atoms with E-state index in [1.807, 2.05) is 31.2 Å². The third kappa shape index (κ3) is 5.58. The average molecular weight is 438 g/mol. The second kappa shape index (κ2) is 9.73. The number of nitrogen functional groups attached to an aromatic ring is 1. The first-order valence-electron chi connectivity index (χ1n) is 9.34. The van der Waals surface area contributed by atoms with Gasteiger partial charge in [0.05, 0.1) is 17.1 Å². The van der Waals surface area contributed by atoms with Crippen molar-refractivity contribution in [1.29, 1.82) is 0 Å². The second-order valence-corrected chi connectivity index (χ2v) is 7.14. The van der Waals surface area contributed by atoms with Crippen LogP contribution in [-0.2, 0) is 6.54 Å². The number of halogens is 1. The molecule has 8 nitrogen and oxygen atoms in total. The van der Waals surface area contributed by atoms with Crippen LogP contribution in [0.15, 0.2) is 65.7 Å². The van der Waals surface area contributed by atoms with E-state index in [1.54, 1.807) is 12.1 Å². The molecular weight excluding hydrogens is 416 g/mol. The first-order valence-corrected chi connectivity index (χ1v) is 9.72. The van der Waals surface area contributed by atoms with Crippen LogP contribution in [0.4, 0.5) is 11.6 Å². The minimum atomic E-state index is -0.240. The molecule has 7 N–H and O–H groups in total. The molecule has 3 aromatic rings. The highest BCUT2D eigenvalue weighted by Gasteiger charge is 2.21. The van der Waals surface area contributed by atoms with Crippen LogP contribution in [0, 0.1) is 6.92 Å². The van der Waals surface area contributed by atoms with E-state index in [0.717, 1.165) is 5.56 Å². The zero-order valence-corrected chi connectivity index (χ0v) is 17.5. The van der Waals surface area contributed by atoms with Crippen molar-refractivity contribution >= 4 is 28.9 Å². The molecule has 0 aliphatic heterocycles. The van der Waals surface area contributed by atoms with Gasteiger partial charge in [0, 0.05) is 11.8 Å². The number of aromatic hydroxyl groups is 1. The molecule has 0 saturated heterocycles. The van der Waals surface area contributed by atoms with Crippen LogP contribution < -0.4 is 22.0 Å². The molecule has 0 aliphatic rings. The molecule has 2 heterocycles. The van der Waals surface area contributed by atoms with Crippen molar-refractivity contribution in [2.45, 2.75) is 13.5 Å². The van der Waals surface area contributed by atoms with Crippen molar-refractivity contribution in [3.63, 3.8) is 0 Å². The zero-order chi connectivity index (χ0) is 22.4. The van der Waals surface area contributed by atoms with Crippen molar-refractivity contribution in [3.05, 3.63) is 98.7 Å². The van der Waals surface area contributed by atoms with E-state index in [2.05, 4.69) is 20.3 Å². The molecule has 0 spiro atoms. The molecule has 0 aliphatic carbocycles. The standard InChI is InChI=1S/C22H21ClN6O2/c1-13-5-3-2-4-6-15(29-18(31)9-13)11-26-22-19(21(25)27-12-28-22)20(24)14-7-8-16(23)17(30)10-14/h2-10,12,24,30H,11H2,1H3,(H,29,31)(H3,25,26,27,28)/p+1. The van der Waals surface area contributed by atoms with Gasteiger partial charge in [-0.15, -0.1) is 0 Å². The van der Waals surface area contributed by atoms with Crippen LogP contribution in [0.1, 0.15) is 22.4 Å². The van der Waals surface area contributed by atoms with Gasteiger partial charge in [-0.1, -0.05) is 35.9 Å². The van der Waals surface area contributed by atoms with E-state index in [0.29, 0.717) is 22.6 Å². The van der Waals surface area contributed by atoms with Gasteiger partial charge in [-0.2, -0.15) is 0 Å². The lowest BCUT2D eigenvalue weighted by molar-refractivity contribution is -0.111. The largest absolute Gasteiger partial charge is 0.506 e. The highest BCUT2D eigenvalue weighted by atomic mass is 35.5. The number of hydrogen-bond donors (Lipinski definition) is 5. The Bertz CT molecular complexity index is 1240. The smallest absolute Gasteiger partial charge is 0.248 e. The molecule has 0 unspecified atom stereocenters. The summed E-state index contributed by atoms with van der Waals surface area (Å²) in [6.45, 7) is 2.09. The summed E-state index contributed by atoms with van der Waals surface area (Å²) in [5.41, 5.74) is 8.42. The number of aryl methyl sites for hydroxylation is 1. The fraction of sp³-hybridized carbons (Fsp3) is 0.0909. The van der Waals surface area contributed by atoms with Gasteiger partial charge in [0.15, 0.2) is 0 Å². The van der Waals surface area contributed by atoms with Crippen LogP contribution in [0.25, 0.3) is 0 Å². The van der Waals surface area contributed by atoms with E-state index in [1.165, 1.54) is 24.5 Å². The van der Waals surface area contributed by atoms with Gasteiger partial charge in [-0.3, -0.25) is 10.2 Å². The van der Waals surface area contributed by atoms with Gasteiger partial charge in [-0.05, 0) is 36.8 Å². The highest BCUT2D eigenvalue weighted by molar-refractivity contribution is 6.32. The van der Waals surface area contributed by atoms with Gasteiger partial charge in [0.1, 0.15) is 29.3 Å². The van der Waals surface area contributed by atoms with E-state index in [-0.39, 0.29) is 34.4 Å². The maximum atomic E-state index is 12.2. The molecular formula is C22H22ClN6O2+. The van der Waals surface area contributed by atoms with E-state index >= 15 is 0 Å². The van der Waals surface area contributed by atoms with Gasteiger partial charge < -0.3 is 21.1 Å². The van der Waals surface area contributed by atoms with Crippen LogP contribution in [0.5, 0.6) is 5.75 Å². The summed E-state index contributed by atoms with van der Waals surface area (Å²) in [7, 11) is 0. The highest BCUT2D eigenvalue weighted by Crippen LogP contribution is 2.27. The molecule has 158 valence electrons. The lowest BCUT2D eigenvalue weighted by Crippen LogP contribution is -2.42. The number of anilines is 2. The zero-order valence-electron chi connectivity index (χ0n) is 16.8. The maximum Gasteiger partial charge on any atom is 0.248 e. The monoisotopic (exact) mass is 437 g/mol. The summed E-state index contributed by atoms with van der Waals surface area (Å²) in [5.74, 6) is 0.435. The summed E-state index contributed by atoms with van der Waals surface area (Å²) >= 11 is 5.88. The predicted octanol–water partition coefficient (Wildman–Crippen LogP) is 1.75. The summed E-state index contributed by atoms with van der Waals surface area (Å²) in [6, 6.07) is 15.3. The second-order valence-electron chi connectivity index (χ2n) is 6.73. The number of phenols is 1. The van der Waals surface area contributed by atoms with Crippen molar-refractivity contribution in [3.8, 4) is 5.75 Å². The van der Waals surface area contributed by atoms with Gasteiger partial charge in [-0.25, -0.2) is 9.97 Å². The normalized spacial score (nSPS) is 10.3. The number of nitrogens with one attached hydrogen (secondary N) is 2. The number of nitrogens with zero attached hydrogens (tertiary/aromatic N) is 2. The molecule has 0 atom stereocenters. The molecule has 3 rings (SSSR count). The van der Waals surface area contributed by atoms with E-state index in [4.69, 9.17) is 22.7 Å². The molecule has 9 heteroatoms. The number of phenolic OH excluding ortho intramolecular Hbond substituents is 1. The quantitative estimate of drug-likeness (QED) is 0.385. The number of rotatable bonds is 5. The number of hydrogen-bond acceptors (Lipinski definition) is 6. The van der Waals surface area contributed by atoms with E-state index in [9.17, 15) is 9.90 Å². The third-order valence-electron chi connectivity index (χ3n) is 4.37. The van der Waals surface area contributed by atoms with Crippen LogP contribution in [0.3, 0.4) is 0 Å². The number of benzene rings is 1. The maximum absolute atomic E-state index is 12.2. The molecule has 31 heavy (non-hydrogen) atoms. The SMILES string of the molecule is Cc1cccccc(CNc2ncnc(N)c2C(=[NH2+])c2ccc(Cl)c(O)c2)[nH]c(=O)c1. The van der Waals surface area contributed by atoms with Gasteiger partial charge in [0.25, 0.3) is 0 Å². The summed E-state index contributed by atoms with van der Waals surface area (Å²) < 4.78 is 0. The Balaban J connectivity index is 1.95. The fourth-order valence-corrected chi connectivity index (χ4v) is 2.96. The van der Waals surface area contributed by atoms with Crippen LogP contribution in [-0.4, -0.2) is 25.8 Å². The van der Waals surface area contributed by atoms with Crippen LogP contribution >= 0.6 is 11.6 Å². The molecule has 0 fully saturated rings. The third-order valence-corrected chi connectivity index (χ3v) is 4.69. The fourth-order valence-electron chi connectivity index (χ4n) is 2.84. The lowest BCUT2D eigenvalue weighted by atomic mass is 10.0. The molecule has 0 saturated carbocycles. The first-order chi connectivity index (χ1) is 14.8. The Kier molecular flexibility index (Phi) is 6.84. The molecule has 0 bridgehead atoms. The molecule has 2 aromatic heterocycles. The number of nitrogens with two attached hydrogens (primary N) is 2. The minimum Gasteiger partial charge on any atom is -0.506 e. The Morgan fingerprint density at radius 2 is 1.97 bits per heavy atom. The number of aromatic amines is 1. The van der Waals surface area contributed by atoms with Crippen molar-refractivity contribution in [2.24, 2.45) is 0 Å². The molecule has 0 amide bonds. The van der Waals surface area contributed by atoms with Gasteiger partial charge >= 0.3 is 0 Å². The molecule has 1 aromatic carbocycles. The lowest BCUT2D eigenvalue weighted by Gasteiger charge is -2.11. The summed E-state index contributed by atoms with van der Waals surface area (Å²) in [5, 5.41) is 19.6. The minimum absolute atomic E-state index is 0.106. The number of H-pyrrole nitrogens is 1. The average Bonchev–Trinajstić information content (AvgIpc) is 2.72. The van der Waals surface area contributed by atoms with E-state index < -0.39 is 0 Å².